The Morgan fingerprint density at radius 2 is 1.46 bits per heavy atom. The summed E-state index contributed by atoms with van der Waals surface area (Å²) in [5, 5.41) is 0. The molecule has 0 bridgehead atoms. The Labute approximate surface area is 236 Å². The van der Waals surface area contributed by atoms with E-state index in [4.69, 9.17) is 4.42 Å². The van der Waals surface area contributed by atoms with Crippen molar-refractivity contribution in [3.8, 4) is 0 Å². The summed E-state index contributed by atoms with van der Waals surface area (Å²) in [6.07, 6.45) is -4.44. The first kappa shape index (κ1) is 26.9. The smallest absolute Gasteiger partial charge is 0.416 e. The first-order valence-corrected chi connectivity index (χ1v) is 13.7. The molecule has 210 valence electrons. The first-order chi connectivity index (χ1) is 19.8. The molecule has 0 saturated carbocycles. The number of amides is 1. The number of carbonyl (C=O) groups is 1. The fourth-order valence-electron chi connectivity index (χ4n) is 5.77. The van der Waals surface area contributed by atoms with Gasteiger partial charge in [0.1, 0.15) is 11.5 Å². The van der Waals surface area contributed by atoms with Crippen molar-refractivity contribution in [3.05, 3.63) is 131 Å². The lowest BCUT2D eigenvalue weighted by Crippen LogP contribution is -2.50. The summed E-state index contributed by atoms with van der Waals surface area (Å²) in [4.78, 5) is 18.1. The molecule has 0 unspecified atom stereocenters. The minimum Gasteiger partial charge on any atom is -0.460 e. The van der Waals surface area contributed by atoms with Crippen molar-refractivity contribution in [1.82, 2.24) is 14.4 Å². The zero-order valence-corrected chi connectivity index (χ0v) is 22.6. The van der Waals surface area contributed by atoms with E-state index in [1.165, 1.54) is 17.2 Å². The van der Waals surface area contributed by atoms with Gasteiger partial charge in [0.2, 0.25) is 0 Å². The molecule has 1 aliphatic rings. The number of fused-ring (bicyclic) bond motifs is 1. The molecule has 1 fully saturated rings. The van der Waals surface area contributed by atoms with E-state index in [1.54, 1.807) is 16.7 Å². The number of piperazine rings is 1. The van der Waals surface area contributed by atoms with E-state index in [0.717, 1.165) is 12.1 Å². The Balaban J connectivity index is 1.25. The van der Waals surface area contributed by atoms with Crippen LogP contribution in [0.1, 0.15) is 44.5 Å². The lowest BCUT2D eigenvalue weighted by atomic mass is 9.96. The maximum absolute atomic E-state index is 13.9. The summed E-state index contributed by atoms with van der Waals surface area (Å²) < 4.78 is 47.7. The highest BCUT2D eigenvalue weighted by molar-refractivity contribution is 5.97. The molecule has 1 saturated heterocycles. The Kier molecular flexibility index (Phi) is 7.17. The lowest BCUT2D eigenvalue weighted by Gasteiger charge is -2.39. The quantitative estimate of drug-likeness (QED) is 0.223. The molecule has 41 heavy (non-hydrogen) atoms. The molecule has 0 aliphatic carbocycles. The van der Waals surface area contributed by atoms with Crippen LogP contribution in [0.5, 0.6) is 0 Å². The molecule has 0 atom stereocenters. The molecular formula is C33H30F3N3O2. The third-order valence-corrected chi connectivity index (χ3v) is 7.72. The highest BCUT2D eigenvalue weighted by Gasteiger charge is 2.32. The van der Waals surface area contributed by atoms with Gasteiger partial charge in [-0.05, 0) is 35.7 Å². The van der Waals surface area contributed by atoms with Crippen molar-refractivity contribution in [2.45, 2.75) is 25.7 Å². The molecule has 0 radical (unpaired) electrons. The molecule has 6 rings (SSSR count). The molecule has 1 amide bonds. The van der Waals surface area contributed by atoms with Crippen molar-refractivity contribution in [2.24, 2.45) is 0 Å². The summed E-state index contributed by atoms with van der Waals surface area (Å²) >= 11 is 0. The van der Waals surface area contributed by atoms with Crippen LogP contribution in [0.15, 0.2) is 101 Å². The number of hydrogen-bond donors (Lipinski definition) is 0. The maximum Gasteiger partial charge on any atom is 0.416 e. The third-order valence-electron chi connectivity index (χ3n) is 7.72. The number of alkyl halides is 3. The number of benzene rings is 3. The average Bonchev–Trinajstić information content (AvgIpc) is 3.50. The third kappa shape index (κ3) is 5.52. The minimum atomic E-state index is -4.44. The standard InChI is InChI=1S/C33H30F3N3O2/c1-23-19-28-30(41-23)21-29(39(28)22-24-9-8-14-27(20-24)33(34,35)36)32(40)38-17-15-37(16-18-38)31(25-10-4-2-5-11-25)26-12-6-3-7-13-26/h2-14,19-21,31H,15-18,22H2,1H3. The van der Waals surface area contributed by atoms with Crippen LogP contribution < -0.4 is 0 Å². The van der Waals surface area contributed by atoms with E-state index in [1.807, 2.05) is 54.3 Å². The van der Waals surface area contributed by atoms with Gasteiger partial charge in [0, 0.05) is 44.9 Å². The molecule has 3 aromatic carbocycles. The van der Waals surface area contributed by atoms with Gasteiger partial charge in [-0.25, -0.2) is 0 Å². The van der Waals surface area contributed by atoms with Crippen LogP contribution in [0.2, 0.25) is 0 Å². The summed E-state index contributed by atoms with van der Waals surface area (Å²) in [6, 6.07) is 29.6. The largest absolute Gasteiger partial charge is 0.460 e. The summed E-state index contributed by atoms with van der Waals surface area (Å²) in [5.74, 6) is 0.518. The van der Waals surface area contributed by atoms with Gasteiger partial charge in [0.25, 0.3) is 5.91 Å². The number of rotatable bonds is 6. The summed E-state index contributed by atoms with van der Waals surface area (Å²) in [7, 11) is 0. The van der Waals surface area contributed by atoms with Gasteiger partial charge < -0.3 is 13.9 Å². The van der Waals surface area contributed by atoms with Crippen LogP contribution in [-0.2, 0) is 12.7 Å². The summed E-state index contributed by atoms with van der Waals surface area (Å²) in [5.41, 5.74) is 3.79. The minimum absolute atomic E-state index is 0.0738. The highest BCUT2D eigenvalue weighted by Crippen LogP contribution is 2.32. The van der Waals surface area contributed by atoms with E-state index in [0.29, 0.717) is 54.3 Å². The van der Waals surface area contributed by atoms with E-state index in [-0.39, 0.29) is 18.5 Å². The number of aryl methyl sites for hydroxylation is 1. The number of halogens is 3. The molecule has 2 aromatic heterocycles. The van der Waals surface area contributed by atoms with Crippen molar-refractivity contribution >= 4 is 17.0 Å². The molecule has 3 heterocycles. The number of nitrogens with zero attached hydrogens (tertiary/aromatic N) is 3. The van der Waals surface area contributed by atoms with Crippen molar-refractivity contribution in [1.29, 1.82) is 0 Å². The van der Waals surface area contributed by atoms with Crippen LogP contribution >= 0.6 is 0 Å². The van der Waals surface area contributed by atoms with E-state index in [2.05, 4.69) is 29.2 Å². The molecular weight excluding hydrogens is 527 g/mol. The molecule has 1 aliphatic heterocycles. The lowest BCUT2D eigenvalue weighted by molar-refractivity contribution is -0.137. The Bertz CT molecular complexity index is 1610. The van der Waals surface area contributed by atoms with Gasteiger partial charge in [0.05, 0.1) is 17.1 Å². The van der Waals surface area contributed by atoms with Gasteiger partial charge in [-0.1, -0.05) is 72.8 Å². The van der Waals surface area contributed by atoms with E-state index in [9.17, 15) is 18.0 Å². The number of hydrogen-bond acceptors (Lipinski definition) is 3. The van der Waals surface area contributed by atoms with Gasteiger partial charge in [-0.3, -0.25) is 9.69 Å². The van der Waals surface area contributed by atoms with Gasteiger partial charge in [0.15, 0.2) is 5.58 Å². The molecule has 8 heteroatoms. The van der Waals surface area contributed by atoms with Gasteiger partial charge >= 0.3 is 6.18 Å². The van der Waals surface area contributed by atoms with Crippen LogP contribution in [0.25, 0.3) is 11.1 Å². The monoisotopic (exact) mass is 557 g/mol. The normalized spacial score (nSPS) is 14.7. The summed E-state index contributed by atoms with van der Waals surface area (Å²) in [6.45, 7) is 4.37. The zero-order valence-electron chi connectivity index (χ0n) is 22.6. The van der Waals surface area contributed by atoms with Crippen molar-refractivity contribution in [3.63, 3.8) is 0 Å². The van der Waals surface area contributed by atoms with E-state index < -0.39 is 11.7 Å². The predicted molar refractivity (Wildman–Crippen MR) is 152 cm³/mol. The molecule has 0 spiro atoms. The molecule has 0 N–H and O–H groups in total. The van der Waals surface area contributed by atoms with Crippen LogP contribution in [0.3, 0.4) is 0 Å². The SMILES string of the molecule is Cc1cc2c(cc(C(=O)N3CCN(C(c4ccccc4)c4ccccc4)CC3)n2Cc2cccc(C(F)(F)F)c2)o1. The predicted octanol–water partition coefficient (Wildman–Crippen LogP) is 7.16. The van der Waals surface area contributed by atoms with Crippen LogP contribution in [-0.4, -0.2) is 46.5 Å². The second-order valence-corrected chi connectivity index (χ2v) is 10.5. The highest BCUT2D eigenvalue weighted by atomic mass is 19.4. The van der Waals surface area contributed by atoms with Crippen LogP contribution in [0, 0.1) is 6.92 Å². The average molecular weight is 558 g/mol. The topological polar surface area (TPSA) is 41.6 Å². The number of aromatic nitrogens is 1. The van der Waals surface area contributed by atoms with Crippen molar-refractivity contribution < 1.29 is 22.4 Å². The Hall–Kier alpha value is -4.30. The fourth-order valence-corrected chi connectivity index (χ4v) is 5.77. The fraction of sp³-hybridized carbons (Fsp3) is 0.242. The van der Waals surface area contributed by atoms with E-state index >= 15 is 0 Å². The van der Waals surface area contributed by atoms with Crippen molar-refractivity contribution in [2.75, 3.05) is 26.2 Å². The Morgan fingerprint density at radius 3 is 2.07 bits per heavy atom. The molecule has 5 aromatic rings. The van der Waals surface area contributed by atoms with Gasteiger partial charge in [-0.15, -0.1) is 0 Å². The maximum atomic E-state index is 13.9. The number of carbonyl (C=O) groups excluding carboxylic acids is 1. The van der Waals surface area contributed by atoms with Crippen LogP contribution in [0.4, 0.5) is 13.2 Å². The molecule has 5 nitrogen and oxygen atoms in total. The second kappa shape index (κ2) is 10.9. The first-order valence-electron chi connectivity index (χ1n) is 13.7. The zero-order chi connectivity index (χ0) is 28.6. The number of furan rings is 1. The Morgan fingerprint density at radius 1 is 0.829 bits per heavy atom. The van der Waals surface area contributed by atoms with Gasteiger partial charge in [-0.2, -0.15) is 13.2 Å². The second-order valence-electron chi connectivity index (χ2n) is 10.5.